The van der Waals surface area contributed by atoms with Crippen LogP contribution in [-0.2, 0) is 6.61 Å². The Morgan fingerprint density at radius 2 is 1.90 bits per heavy atom. The number of non-ortho nitro benzene ring substituents is 1. The zero-order valence-electron chi connectivity index (χ0n) is 16.0. The van der Waals surface area contributed by atoms with E-state index in [1.54, 1.807) is 42.5 Å². The van der Waals surface area contributed by atoms with Crippen LogP contribution < -0.4 is 9.47 Å². The van der Waals surface area contributed by atoms with Gasteiger partial charge in [-0.15, -0.1) is 0 Å². The fraction of sp³-hybridized carbons (Fsp3) is 0.0870. The van der Waals surface area contributed by atoms with Crippen LogP contribution in [-0.4, -0.2) is 12.0 Å². The van der Waals surface area contributed by atoms with Gasteiger partial charge in [0.25, 0.3) is 5.69 Å². The first-order chi connectivity index (χ1) is 14.5. The molecule has 7 heteroatoms. The molecule has 30 heavy (non-hydrogen) atoms. The van der Waals surface area contributed by atoms with Gasteiger partial charge in [-0.2, -0.15) is 5.26 Å². The van der Waals surface area contributed by atoms with Crippen molar-refractivity contribution in [2.45, 2.75) is 6.61 Å². The third kappa shape index (κ3) is 5.00. The highest BCUT2D eigenvalue weighted by molar-refractivity contribution is 5.90. The molecule has 150 valence electrons. The predicted octanol–water partition coefficient (Wildman–Crippen LogP) is 5.39. The van der Waals surface area contributed by atoms with Gasteiger partial charge in [0.05, 0.1) is 23.7 Å². The molecule has 0 aliphatic rings. The van der Waals surface area contributed by atoms with Crippen LogP contribution in [0.1, 0.15) is 16.7 Å². The van der Waals surface area contributed by atoms with Crippen LogP contribution in [0.2, 0.25) is 0 Å². The summed E-state index contributed by atoms with van der Waals surface area (Å²) in [6.45, 7) is 0.239. The molecular formula is C23H17FN2O4. The molecular weight excluding hydrogens is 387 g/mol. The highest BCUT2D eigenvalue weighted by Gasteiger charge is 2.10. The number of methoxy groups -OCH3 is 1. The standard InChI is InChI=1S/C23H17FN2O4/c1-29-23-12-17(7-10-22(23)30-15-16-5-8-20(24)9-6-16)11-19(14-25)18-3-2-4-21(13-18)26(27)28/h2-13H,15H2,1H3. The van der Waals surface area contributed by atoms with Crippen LogP contribution in [0.3, 0.4) is 0 Å². The lowest BCUT2D eigenvalue weighted by molar-refractivity contribution is -0.384. The van der Waals surface area contributed by atoms with Crippen LogP contribution >= 0.6 is 0 Å². The fourth-order valence-corrected chi connectivity index (χ4v) is 2.77. The van der Waals surface area contributed by atoms with Crippen molar-refractivity contribution in [3.63, 3.8) is 0 Å². The number of benzene rings is 3. The van der Waals surface area contributed by atoms with Gasteiger partial charge in [0.1, 0.15) is 12.4 Å². The van der Waals surface area contributed by atoms with Crippen LogP contribution in [0.15, 0.2) is 66.7 Å². The van der Waals surface area contributed by atoms with E-state index in [0.29, 0.717) is 22.6 Å². The number of rotatable bonds is 7. The molecule has 0 heterocycles. The van der Waals surface area contributed by atoms with Crippen molar-refractivity contribution in [3.8, 4) is 17.6 Å². The largest absolute Gasteiger partial charge is 0.493 e. The molecule has 3 aromatic rings. The van der Waals surface area contributed by atoms with E-state index in [2.05, 4.69) is 6.07 Å². The Labute approximate surface area is 172 Å². The van der Waals surface area contributed by atoms with Gasteiger partial charge in [-0.25, -0.2) is 4.39 Å². The molecule has 0 saturated carbocycles. The maximum Gasteiger partial charge on any atom is 0.270 e. The smallest absolute Gasteiger partial charge is 0.270 e. The number of nitrogens with zero attached hydrogens (tertiary/aromatic N) is 2. The van der Waals surface area contributed by atoms with Gasteiger partial charge < -0.3 is 9.47 Å². The van der Waals surface area contributed by atoms with Crippen molar-refractivity contribution >= 4 is 17.3 Å². The maximum atomic E-state index is 13.0. The Morgan fingerprint density at radius 3 is 2.57 bits per heavy atom. The van der Waals surface area contributed by atoms with Crippen LogP contribution in [0.5, 0.6) is 11.5 Å². The SMILES string of the molecule is COc1cc(C=C(C#N)c2cccc([N+](=O)[O-])c2)ccc1OCc1ccc(F)cc1. The average molecular weight is 404 g/mol. The number of hydrogen-bond donors (Lipinski definition) is 0. The molecule has 0 N–H and O–H groups in total. The second kappa shape index (κ2) is 9.34. The molecule has 0 aliphatic carbocycles. The lowest BCUT2D eigenvalue weighted by Crippen LogP contribution is -1.98. The quantitative estimate of drug-likeness (QED) is 0.228. The number of nitriles is 1. The summed E-state index contributed by atoms with van der Waals surface area (Å²) in [6, 6.07) is 19.1. The van der Waals surface area contributed by atoms with Crippen molar-refractivity contribution in [1.82, 2.24) is 0 Å². The van der Waals surface area contributed by atoms with E-state index in [0.717, 1.165) is 5.56 Å². The van der Waals surface area contributed by atoms with E-state index in [-0.39, 0.29) is 23.7 Å². The van der Waals surface area contributed by atoms with Crippen LogP contribution in [0, 0.1) is 27.3 Å². The Kier molecular flexibility index (Phi) is 6.40. The first-order valence-corrected chi connectivity index (χ1v) is 8.92. The van der Waals surface area contributed by atoms with Crippen molar-refractivity contribution in [1.29, 1.82) is 5.26 Å². The topological polar surface area (TPSA) is 85.4 Å². The Bertz CT molecular complexity index is 1130. The number of hydrogen-bond acceptors (Lipinski definition) is 5. The highest BCUT2D eigenvalue weighted by Crippen LogP contribution is 2.31. The molecule has 0 spiro atoms. The van der Waals surface area contributed by atoms with Crippen molar-refractivity contribution in [3.05, 3.63) is 99.4 Å². The summed E-state index contributed by atoms with van der Waals surface area (Å²) in [6.07, 6.45) is 1.62. The number of nitro groups is 1. The molecule has 0 radical (unpaired) electrons. The molecule has 0 aromatic heterocycles. The normalized spacial score (nSPS) is 10.9. The summed E-state index contributed by atoms with van der Waals surface area (Å²) in [4.78, 5) is 10.5. The van der Waals surface area contributed by atoms with Crippen molar-refractivity contribution in [2.24, 2.45) is 0 Å². The molecule has 0 atom stereocenters. The van der Waals surface area contributed by atoms with Crippen molar-refractivity contribution in [2.75, 3.05) is 7.11 Å². The lowest BCUT2D eigenvalue weighted by atomic mass is 10.0. The van der Waals surface area contributed by atoms with E-state index < -0.39 is 4.92 Å². The van der Waals surface area contributed by atoms with E-state index >= 15 is 0 Å². The zero-order valence-corrected chi connectivity index (χ0v) is 16.0. The number of ether oxygens (including phenoxy) is 2. The van der Waals surface area contributed by atoms with Gasteiger partial charge in [-0.05, 0) is 47.0 Å². The minimum Gasteiger partial charge on any atom is -0.493 e. The summed E-state index contributed by atoms with van der Waals surface area (Å²) in [5.41, 5.74) is 2.11. The van der Waals surface area contributed by atoms with Crippen LogP contribution in [0.4, 0.5) is 10.1 Å². The lowest BCUT2D eigenvalue weighted by Gasteiger charge is -2.11. The van der Waals surface area contributed by atoms with Gasteiger partial charge >= 0.3 is 0 Å². The van der Waals surface area contributed by atoms with Gasteiger partial charge in [-0.1, -0.05) is 30.3 Å². The molecule has 0 aliphatic heterocycles. The minimum atomic E-state index is -0.505. The second-order valence-electron chi connectivity index (χ2n) is 6.30. The first kappa shape index (κ1) is 20.6. The molecule has 3 aromatic carbocycles. The van der Waals surface area contributed by atoms with E-state index in [4.69, 9.17) is 9.47 Å². The van der Waals surface area contributed by atoms with Gasteiger partial charge in [0, 0.05) is 12.1 Å². The molecule has 0 saturated heterocycles. The van der Waals surface area contributed by atoms with Gasteiger partial charge in [0.15, 0.2) is 11.5 Å². The molecule has 0 unspecified atom stereocenters. The second-order valence-corrected chi connectivity index (χ2v) is 6.30. The molecule has 0 fully saturated rings. The van der Waals surface area contributed by atoms with E-state index in [1.807, 2.05) is 0 Å². The van der Waals surface area contributed by atoms with Gasteiger partial charge in [0.2, 0.25) is 0 Å². The van der Waals surface area contributed by atoms with Gasteiger partial charge in [-0.3, -0.25) is 10.1 Å². The molecule has 3 rings (SSSR count). The number of halogens is 1. The fourth-order valence-electron chi connectivity index (χ4n) is 2.77. The summed E-state index contributed by atoms with van der Waals surface area (Å²) in [5, 5.41) is 20.5. The minimum absolute atomic E-state index is 0.0872. The Hall–Kier alpha value is -4.18. The highest BCUT2D eigenvalue weighted by atomic mass is 19.1. The monoisotopic (exact) mass is 404 g/mol. The summed E-state index contributed by atoms with van der Waals surface area (Å²) < 4.78 is 24.1. The zero-order chi connectivity index (χ0) is 21.5. The van der Waals surface area contributed by atoms with Crippen LogP contribution in [0.25, 0.3) is 11.6 Å². The van der Waals surface area contributed by atoms with E-state index in [1.165, 1.54) is 37.4 Å². The van der Waals surface area contributed by atoms with E-state index in [9.17, 15) is 19.8 Å². The molecule has 0 amide bonds. The summed E-state index contributed by atoms with van der Waals surface area (Å²) >= 11 is 0. The molecule has 0 bridgehead atoms. The first-order valence-electron chi connectivity index (χ1n) is 8.92. The summed E-state index contributed by atoms with van der Waals surface area (Å²) in [5.74, 6) is 0.638. The number of nitro benzene ring substituents is 1. The molecule has 6 nitrogen and oxygen atoms in total. The Morgan fingerprint density at radius 1 is 1.13 bits per heavy atom. The predicted molar refractivity (Wildman–Crippen MR) is 110 cm³/mol. The number of allylic oxidation sites excluding steroid dienone is 1. The maximum absolute atomic E-state index is 13.0. The van der Waals surface area contributed by atoms with Crippen molar-refractivity contribution < 1.29 is 18.8 Å². The average Bonchev–Trinajstić information content (AvgIpc) is 2.77. The summed E-state index contributed by atoms with van der Waals surface area (Å²) in [7, 11) is 1.50. The third-order valence-corrected chi connectivity index (χ3v) is 4.29. The Balaban J connectivity index is 1.84. The third-order valence-electron chi connectivity index (χ3n) is 4.29.